The molecule has 1 amide bonds. The lowest BCUT2D eigenvalue weighted by molar-refractivity contribution is 0.0923. The van der Waals surface area contributed by atoms with E-state index in [9.17, 15) is 13.2 Å². The Morgan fingerprint density at radius 3 is 2.33 bits per heavy atom. The molecule has 0 spiro atoms. The third-order valence-electron chi connectivity index (χ3n) is 6.44. The molecule has 2 aromatic rings. The van der Waals surface area contributed by atoms with Gasteiger partial charge >= 0.3 is 0 Å². The summed E-state index contributed by atoms with van der Waals surface area (Å²) in [6, 6.07) is 13.8. The zero-order valence-corrected chi connectivity index (χ0v) is 18.2. The number of amides is 1. The van der Waals surface area contributed by atoms with Crippen LogP contribution in [0.5, 0.6) is 5.75 Å². The highest BCUT2D eigenvalue weighted by Gasteiger charge is 2.40. The Morgan fingerprint density at radius 2 is 1.77 bits per heavy atom. The van der Waals surface area contributed by atoms with Crippen molar-refractivity contribution >= 4 is 15.9 Å². The molecule has 0 heterocycles. The molecule has 6 nitrogen and oxygen atoms in total. The monoisotopic (exact) mass is 428 g/mol. The Bertz CT molecular complexity index is 1000. The van der Waals surface area contributed by atoms with E-state index < -0.39 is 10.0 Å². The second-order valence-electron chi connectivity index (χ2n) is 8.39. The number of rotatable bonds is 7. The van der Waals surface area contributed by atoms with Crippen LogP contribution in [-0.2, 0) is 16.6 Å². The SMILES string of the molecule is COc1ccc(S(=O)(=O)N(C)Cc2ccc(C(=O)N[C@@H]3C[C@@H]4CC[C@@H]3C4)cc2)cc1. The van der Waals surface area contributed by atoms with Crippen LogP contribution in [0.25, 0.3) is 0 Å². The number of ether oxygens (including phenoxy) is 1. The first-order valence-electron chi connectivity index (χ1n) is 10.4. The molecule has 0 aromatic heterocycles. The van der Waals surface area contributed by atoms with Gasteiger partial charge in [-0.05, 0) is 73.1 Å². The summed E-state index contributed by atoms with van der Waals surface area (Å²) in [6.45, 7) is 0.225. The first-order valence-corrected chi connectivity index (χ1v) is 11.8. The van der Waals surface area contributed by atoms with Crippen LogP contribution in [0.1, 0.15) is 41.6 Å². The van der Waals surface area contributed by atoms with Crippen molar-refractivity contribution < 1.29 is 17.9 Å². The first-order chi connectivity index (χ1) is 14.4. The van der Waals surface area contributed by atoms with Gasteiger partial charge in [-0.2, -0.15) is 4.31 Å². The lowest BCUT2D eigenvalue weighted by atomic mass is 9.95. The van der Waals surface area contributed by atoms with Gasteiger partial charge in [-0.3, -0.25) is 4.79 Å². The van der Waals surface area contributed by atoms with Gasteiger partial charge in [-0.1, -0.05) is 18.6 Å². The number of hydrogen-bond donors (Lipinski definition) is 1. The van der Waals surface area contributed by atoms with Gasteiger partial charge in [-0.15, -0.1) is 0 Å². The van der Waals surface area contributed by atoms with E-state index in [1.807, 2.05) is 12.1 Å². The smallest absolute Gasteiger partial charge is 0.251 e. The molecular weight excluding hydrogens is 400 g/mol. The molecule has 0 unspecified atom stereocenters. The molecule has 2 fully saturated rings. The van der Waals surface area contributed by atoms with Gasteiger partial charge in [0.1, 0.15) is 5.75 Å². The quantitative estimate of drug-likeness (QED) is 0.733. The molecule has 0 radical (unpaired) electrons. The van der Waals surface area contributed by atoms with Crippen LogP contribution in [0.4, 0.5) is 0 Å². The average molecular weight is 429 g/mol. The van der Waals surface area contributed by atoms with E-state index in [4.69, 9.17) is 4.74 Å². The fourth-order valence-electron chi connectivity index (χ4n) is 4.70. The summed E-state index contributed by atoms with van der Waals surface area (Å²) >= 11 is 0. The van der Waals surface area contributed by atoms with E-state index in [1.54, 1.807) is 31.3 Å². The van der Waals surface area contributed by atoms with Crippen molar-refractivity contribution in [2.45, 2.75) is 43.2 Å². The topological polar surface area (TPSA) is 75.7 Å². The van der Waals surface area contributed by atoms with Crippen molar-refractivity contribution in [2.24, 2.45) is 11.8 Å². The summed E-state index contributed by atoms with van der Waals surface area (Å²) < 4.78 is 32.0. The number of carbonyl (C=O) groups is 1. The van der Waals surface area contributed by atoms with E-state index in [1.165, 1.54) is 42.8 Å². The summed E-state index contributed by atoms with van der Waals surface area (Å²) in [5.74, 6) is 1.98. The normalized spacial score (nSPS) is 23.0. The lowest BCUT2D eigenvalue weighted by Gasteiger charge is -2.23. The number of sulfonamides is 1. The highest BCUT2D eigenvalue weighted by Crippen LogP contribution is 2.44. The molecule has 0 saturated heterocycles. The zero-order chi connectivity index (χ0) is 21.3. The molecule has 2 bridgehead atoms. The highest BCUT2D eigenvalue weighted by molar-refractivity contribution is 7.89. The van der Waals surface area contributed by atoms with Gasteiger partial charge in [0.05, 0.1) is 12.0 Å². The van der Waals surface area contributed by atoms with Crippen molar-refractivity contribution in [3.05, 3.63) is 59.7 Å². The van der Waals surface area contributed by atoms with E-state index in [0.717, 1.165) is 17.9 Å². The second kappa shape index (κ2) is 8.40. The Morgan fingerprint density at radius 1 is 1.07 bits per heavy atom. The molecule has 4 rings (SSSR count). The minimum atomic E-state index is -3.61. The van der Waals surface area contributed by atoms with Crippen LogP contribution >= 0.6 is 0 Å². The van der Waals surface area contributed by atoms with Crippen LogP contribution in [0.3, 0.4) is 0 Å². The van der Waals surface area contributed by atoms with Crippen LogP contribution in [0, 0.1) is 11.8 Å². The number of methoxy groups -OCH3 is 1. The zero-order valence-electron chi connectivity index (χ0n) is 17.4. The van der Waals surface area contributed by atoms with E-state index in [2.05, 4.69) is 5.32 Å². The van der Waals surface area contributed by atoms with E-state index in [-0.39, 0.29) is 17.3 Å². The lowest BCUT2D eigenvalue weighted by Crippen LogP contribution is -2.38. The Kier molecular flexibility index (Phi) is 5.84. The van der Waals surface area contributed by atoms with Crippen LogP contribution in [-0.4, -0.2) is 38.8 Å². The third kappa shape index (κ3) is 4.23. The van der Waals surface area contributed by atoms with Gasteiger partial charge in [-0.25, -0.2) is 8.42 Å². The Balaban J connectivity index is 1.38. The molecule has 3 atom stereocenters. The summed E-state index contributed by atoms with van der Waals surface area (Å²) in [6.07, 6.45) is 4.88. The molecule has 30 heavy (non-hydrogen) atoms. The van der Waals surface area contributed by atoms with Crippen LogP contribution in [0.2, 0.25) is 0 Å². The molecule has 7 heteroatoms. The van der Waals surface area contributed by atoms with Crippen molar-refractivity contribution in [2.75, 3.05) is 14.2 Å². The number of carbonyl (C=O) groups excluding carboxylic acids is 1. The average Bonchev–Trinajstić information content (AvgIpc) is 3.37. The van der Waals surface area contributed by atoms with Gasteiger partial charge in [0.25, 0.3) is 5.91 Å². The number of nitrogens with one attached hydrogen (secondary N) is 1. The predicted octanol–water partition coefficient (Wildman–Crippen LogP) is 3.43. The van der Waals surface area contributed by atoms with Gasteiger partial charge in [0, 0.05) is 25.2 Å². The van der Waals surface area contributed by atoms with Crippen molar-refractivity contribution in [1.29, 1.82) is 0 Å². The molecule has 160 valence electrons. The van der Waals surface area contributed by atoms with E-state index in [0.29, 0.717) is 23.3 Å². The van der Waals surface area contributed by atoms with Gasteiger partial charge in [0.2, 0.25) is 10.0 Å². The molecule has 2 aliphatic rings. The number of nitrogens with zero attached hydrogens (tertiary/aromatic N) is 1. The summed E-state index contributed by atoms with van der Waals surface area (Å²) in [4.78, 5) is 12.8. The molecule has 2 aromatic carbocycles. The number of fused-ring (bicyclic) bond motifs is 2. The molecule has 1 N–H and O–H groups in total. The predicted molar refractivity (Wildman–Crippen MR) is 115 cm³/mol. The molecular formula is C23H28N2O4S. The fourth-order valence-corrected chi connectivity index (χ4v) is 5.86. The minimum absolute atomic E-state index is 0.0432. The maximum Gasteiger partial charge on any atom is 0.251 e. The maximum atomic E-state index is 12.8. The molecule has 2 saturated carbocycles. The van der Waals surface area contributed by atoms with E-state index >= 15 is 0 Å². The standard InChI is InChI=1S/C23H28N2O4S/c1-25(30(27,28)21-11-9-20(29-2)10-12-21)15-16-3-6-18(7-4-16)23(26)24-22-14-17-5-8-19(22)13-17/h3-4,6-7,9-12,17,19,22H,5,8,13-15H2,1-2H3,(H,24,26)/t17-,19-,22-/m1/s1. The second-order valence-corrected chi connectivity index (χ2v) is 10.4. The minimum Gasteiger partial charge on any atom is -0.497 e. The molecule has 2 aliphatic carbocycles. The number of benzene rings is 2. The van der Waals surface area contributed by atoms with Crippen LogP contribution < -0.4 is 10.1 Å². The summed E-state index contributed by atoms with van der Waals surface area (Å²) in [5, 5.41) is 3.19. The Hall–Kier alpha value is -2.38. The van der Waals surface area contributed by atoms with Crippen LogP contribution in [0.15, 0.2) is 53.4 Å². The first kappa shape index (κ1) is 20.9. The van der Waals surface area contributed by atoms with Gasteiger partial charge < -0.3 is 10.1 Å². The summed E-state index contributed by atoms with van der Waals surface area (Å²) in [5.41, 5.74) is 1.44. The fraction of sp³-hybridized carbons (Fsp3) is 0.435. The van der Waals surface area contributed by atoms with Crippen molar-refractivity contribution in [3.63, 3.8) is 0 Å². The highest BCUT2D eigenvalue weighted by atomic mass is 32.2. The third-order valence-corrected chi connectivity index (χ3v) is 8.26. The van der Waals surface area contributed by atoms with Crippen molar-refractivity contribution in [1.82, 2.24) is 9.62 Å². The number of hydrogen-bond acceptors (Lipinski definition) is 4. The molecule has 0 aliphatic heterocycles. The summed E-state index contributed by atoms with van der Waals surface area (Å²) in [7, 11) is -0.521. The maximum absolute atomic E-state index is 12.8. The largest absolute Gasteiger partial charge is 0.497 e. The Labute approximate surface area is 178 Å². The van der Waals surface area contributed by atoms with Gasteiger partial charge in [0.15, 0.2) is 0 Å². The van der Waals surface area contributed by atoms with Crippen molar-refractivity contribution in [3.8, 4) is 5.75 Å².